The molecule has 0 radical (unpaired) electrons. The van der Waals surface area contributed by atoms with E-state index in [0.717, 1.165) is 30.1 Å². The zero-order valence-corrected chi connectivity index (χ0v) is 8.48. The fraction of sp³-hybridized carbons (Fsp3) is 0.800. The number of nitrogens with one attached hydrogen (secondary N) is 1. The van der Waals surface area contributed by atoms with Gasteiger partial charge in [-0.15, -0.1) is 0 Å². The first-order chi connectivity index (χ1) is 6.83. The molecule has 2 aliphatic carbocycles. The number of nitrogens with zero attached hydrogens (tertiary/aromatic N) is 3. The Hall–Kier alpha value is -0.900. The van der Waals surface area contributed by atoms with E-state index in [-0.39, 0.29) is 0 Å². The van der Waals surface area contributed by atoms with Crippen molar-refractivity contribution in [3.8, 4) is 0 Å². The Morgan fingerprint density at radius 3 is 3.07 bits per heavy atom. The Kier molecular flexibility index (Phi) is 1.83. The van der Waals surface area contributed by atoms with E-state index in [9.17, 15) is 0 Å². The quantitative estimate of drug-likeness (QED) is 0.766. The van der Waals surface area contributed by atoms with E-state index in [2.05, 4.69) is 15.5 Å². The van der Waals surface area contributed by atoms with Crippen molar-refractivity contribution in [1.29, 1.82) is 0 Å². The lowest BCUT2D eigenvalue weighted by Crippen LogP contribution is -2.28. The van der Waals surface area contributed by atoms with Crippen LogP contribution in [-0.2, 0) is 13.6 Å². The Bertz CT molecular complexity index is 333. The van der Waals surface area contributed by atoms with E-state index in [4.69, 9.17) is 0 Å². The second kappa shape index (κ2) is 3.05. The average molecular weight is 192 g/mol. The molecule has 2 saturated carbocycles. The minimum absolute atomic E-state index is 0.752. The third-order valence-corrected chi connectivity index (χ3v) is 3.53. The molecule has 2 fully saturated rings. The number of fused-ring (bicyclic) bond motifs is 1. The fourth-order valence-corrected chi connectivity index (χ4v) is 2.66. The maximum absolute atomic E-state index is 4.25. The van der Waals surface area contributed by atoms with Crippen LogP contribution in [0.15, 0.2) is 6.20 Å². The van der Waals surface area contributed by atoms with Gasteiger partial charge in [0.2, 0.25) is 0 Å². The summed E-state index contributed by atoms with van der Waals surface area (Å²) in [5, 5.41) is 11.9. The zero-order chi connectivity index (χ0) is 9.54. The van der Waals surface area contributed by atoms with Crippen molar-refractivity contribution in [1.82, 2.24) is 20.3 Å². The van der Waals surface area contributed by atoms with E-state index in [0.29, 0.717) is 0 Å². The van der Waals surface area contributed by atoms with Crippen molar-refractivity contribution < 1.29 is 0 Å². The summed E-state index contributed by atoms with van der Waals surface area (Å²) in [7, 11) is 1.86. The van der Waals surface area contributed by atoms with E-state index < -0.39 is 0 Å². The normalized spacial score (nSPS) is 34.5. The zero-order valence-electron chi connectivity index (χ0n) is 8.48. The van der Waals surface area contributed by atoms with Gasteiger partial charge in [0.05, 0.1) is 11.9 Å². The molecule has 4 nitrogen and oxygen atoms in total. The molecule has 0 spiro atoms. The Morgan fingerprint density at radius 1 is 1.57 bits per heavy atom. The molecule has 0 aliphatic heterocycles. The first-order valence-corrected chi connectivity index (χ1v) is 5.41. The lowest BCUT2D eigenvalue weighted by atomic mass is 10.2. The van der Waals surface area contributed by atoms with Crippen molar-refractivity contribution in [2.24, 2.45) is 18.9 Å². The third-order valence-electron chi connectivity index (χ3n) is 3.53. The topological polar surface area (TPSA) is 42.7 Å². The van der Waals surface area contributed by atoms with Gasteiger partial charge in [-0.25, -0.2) is 0 Å². The standard InChI is InChI=1S/C10H16N4/c1-14-12-6-8(13-14)5-11-10-3-2-7-4-9(7)10/h6-7,9-11H,2-5H2,1H3. The largest absolute Gasteiger partial charge is 0.308 e. The highest BCUT2D eigenvalue weighted by Gasteiger charge is 2.47. The van der Waals surface area contributed by atoms with Crippen LogP contribution in [0.4, 0.5) is 0 Å². The van der Waals surface area contributed by atoms with Gasteiger partial charge in [-0.05, 0) is 31.1 Å². The smallest absolute Gasteiger partial charge is 0.0964 e. The molecule has 1 N–H and O–H groups in total. The van der Waals surface area contributed by atoms with Gasteiger partial charge < -0.3 is 5.32 Å². The molecule has 0 aromatic carbocycles. The van der Waals surface area contributed by atoms with Crippen LogP contribution < -0.4 is 5.32 Å². The van der Waals surface area contributed by atoms with Crippen LogP contribution in [0, 0.1) is 11.8 Å². The van der Waals surface area contributed by atoms with Crippen LogP contribution in [0.1, 0.15) is 25.0 Å². The highest BCUT2D eigenvalue weighted by Crippen LogP contribution is 2.51. The summed E-state index contributed by atoms with van der Waals surface area (Å²) >= 11 is 0. The molecule has 3 rings (SSSR count). The molecular weight excluding hydrogens is 176 g/mol. The lowest BCUT2D eigenvalue weighted by molar-refractivity contribution is 0.469. The van der Waals surface area contributed by atoms with Gasteiger partial charge in [-0.1, -0.05) is 0 Å². The molecule has 76 valence electrons. The van der Waals surface area contributed by atoms with Gasteiger partial charge in [-0.2, -0.15) is 15.0 Å². The van der Waals surface area contributed by atoms with Crippen LogP contribution in [0.25, 0.3) is 0 Å². The van der Waals surface area contributed by atoms with Gasteiger partial charge in [0.15, 0.2) is 0 Å². The molecule has 1 heterocycles. The maximum Gasteiger partial charge on any atom is 0.0964 e. The van der Waals surface area contributed by atoms with Crippen LogP contribution in [0.3, 0.4) is 0 Å². The minimum atomic E-state index is 0.752. The number of rotatable bonds is 3. The molecule has 1 aromatic heterocycles. The molecule has 3 atom stereocenters. The minimum Gasteiger partial charge on any atom is -0.308 e. The third kappa shape index (κ3) is 1.43. The van der Waals surface area contributed by atoms with E-state index in [1.807, 2.05) is 13.2 Å². The van der Waals surface area contributed by atoms with Gasteiger partial charge in [0.25, 0.3) is 0 Å². The number of aryl methyl sites for hydroxylation is 1. The SMILES string of the molecule is Cn1ncc(CNC2CCC3CC32)n1. The average Bonchev–Trinajstić information content (AvgIpc) is 2.66. The predicted octanol–water partition coefficient (Wildman–Crippen LogP) is 0.703. The highest BCUT2D eigenvalue weighted by atomic mass is 15.4. The molecule has 14 heavy (non-hydrogen) atoms. The molecule has 2 aliphatic rings. The number of hydrogen-bond acceptors (Lipinski definition) is 3. The van der Waals surface area contributed by atoms with Crippen molar-refractivity contribution in [2.45, 2.75) is 31.8 Å². The van der Waals surface area contributed by atoms with Crippen LogP contribution in [0.2, 0.25) is 0 Å². The molecule has 0 saturated heterocycles. The summed E-state index contributed by atoms with van der Waals surface area (Å²) in [5.41, 5.74) is 1.05. The van der Waals surface area contributed by atoms with Crippen molar-refractivity contribution in [3.05, 3.63) is 11.9 Å². The van der Waals surface area contributed by atoms with Crippen LogP contribution in [-0.4, -0.2) is 21.0 Å². The van der Waals surface area contributed by atoms with Gasteiger partial charge in [-0.3, -0.25) is 0 Å². The van der Waals surface area contributed by atoms with E-state index in [1.54, 1.807) is 4.80 Å². The number of hydrogen-bond donors (Lipinski definition) is 1. The highest BCUT2D eigenvalue weighted by molar-refractivity contribution is 5.02. The summed E-state index contributed by atoms with van der Waals surface area (Å²) in [4.78, 5) is 1.62. The first-order valence-electron chi connectivity index (χ1n) is 5.41. The van der Waals surface area contributed by atoms with Crippen molar-refractivity contribution in [2.75, 3.05) is 0 Å². The Labute approximate surface area is 83.7 Å². The Morgan fingerprint density at radius 2 is 2.50 bits per heavy atom. The molecule has 1 aromatic rings. The Balaban J connectivity index is 1.54. The fourth-order valence-electron chi connectivity index (χ4n) is 2.66. The van der Waals surface area contributed by atoms with Crippen molar-refractivity contribution >= 4 is 0 Å². The molecule has 0 amide bonds. The van der Waals surface area contributed by atoms with Crippen LogP contribution >= 0.6 is 0 Å². The van der Waals surface area contributed by atoms with Gasteiger partial charge in [0, 0.05) is 19.6 Å². The first kappa shape index (κ1) is 8.41. The second-order valence-corrected chi connectivity index (χ2v) is 4.55. The molecular formula is C10H16N4. The van der Waals surface area contributed by atoms with Gasteiger partial charge in [0.1, 0.15) is 0 Å². The summed E-state index contributed by atoms with van der Waals surface area (Å²) in [6.07, 6.45) is 6.09. The monoisotopic (exact) mass is 192 g/mol. The molecule has 4 heteroatoms. The predicted molar refractivity (Wildman–Crippen MR) is 52.5 cm³/mol. The summed E-state index contributed by atoms with van der Waals surface area (Å²) in [5.74, 6) is 2.03. The number of aromatic nitrogens is 3. The molecule has 3 unspecified atom stereocenters. The van der Waals surface area contributed by atoms with Gasteiger partial charge >= 0.3 is 0 Å². The summed E-state index contributed by atoms with van der Waals surface area (Å²) in [6, 6.07) is 0.752. The maximum atomic E-state index is 4.25. The second-order valence-electron chi connectivity index (χ2n) is 4.55. The summed E-state index contributed by atoms with van der Waals surface area (Å²) < 4.78 is 0. The summed E-state index contributed by atoms with van der Waals surface area (Å²) in [6.45, 7) is 0.877. The molecule has 0 bridgehead atoms. The van der Waals surface area contributed by atoms with E-state index >= 15 is 0 Å². The lowest BCUT2D eigenvalue weighted by Gasteiger charge is -2.12. The van der Waals surface area contributed by atoms with E-state index in [1.165, 1.54) is 19.3 Å². The van der Waals surface area contributed by atoms with Crippen molar-refractivity contribution in [3.63, 3.8) is 0 Å². The van der Waals surface area contributed by atoms with Crippen LogP contribution in [0.5, 0.6) is 0 Å².